The Bertz CT molecular complexity index is 194. The van der Waals surface area contributed by atoms with Crippen molar-refractivity contribution in [2.24, 2.45) is 5.92 Å². The molecule has 4 heteroatoms. The zero-order valence-corrected chi connectivity index (χ0v) is 6.10. The van der Waals surface area contributed by atoms with Crippen molar-refractivity contribution in [3.05, 3.63) is 0 Å². The first-order valence-electron chi connectivity index (χ1n) is 3.86. The van der Waals surface area contributed by atoms with Crippen LogP contribution in [-0.2, 0) is 0 Å². The third-order valence-electron chi connectivity index (χ3n) is 2.64. The fraction of sp³-hybridized carbons (Fsp3) is 0.857. The van der Waals surface area contributed by atoms with Gasteiger partial charge in [-0.1, -0.05) is 0 Å². The summed E-state index contributed by atoms with van der Waals surface area (Å²) in [5.41, 5.74) is 0. The molecule has 2 N–H and O–H groups in total. The first-order valence-corrected chi connectivity index (χ1v) is 3.86. The normalized spacial score (nSPS) is 40.5. The Morgan fingerprint density at radius 3 is 2.73 bits per heavy atom. The quantitative estimate of drug-likeness (QED) is 0.568. The van der Waals surface area contributed by atoms with E-state index in [0.29, 0.717) is 5.92 Å². The molecule has 0 aromatic rings. The van der Waals surface area contributed by atoms with E-state index in [2.05, 4.69) is 0 Å². The van der Waals surface area contributed by atoms with E-state index in [4.69, 9.17) is 10.2 Å². The molecule has 1 aliphatic heterocycles. The van der Waals surface area contributed by atoms with Crippen LogP contribution < -0.4 is 0 Å². The van der Waals surface area contributed by atoms with Crippen LogP contribution >= 0.6 is 0 Å². The lowest BCUT2D eigenvalue weighted by Crippen LogP contribution is -2.39. The van der Waals surface area contributed by atoms with E-state index in [-0.39, 0.29) is 18.7 Å². The van der Waals surface area contributed by atoms with Crippen LogP contribution in [0.2, 0.25) is 0 Å². The molecular formula is C7H11NO3. The number of fused-ring (bicyclic) bond motifs is 1. The molecule has 0 unspecified atom stereocenters. The number of aliphatic hydroxyl groups is 1. The first-order chi connectivity index (χ1) is 5.24. The average Bonchev–Trinajstić information content (AvgIpc) is 2.61. The molecule has 2 rings (SSSR count). The van der Waals surface area contributed by atoms with Crippen LogP contribution in [0.15, 0.2) is 0 Å². The minimum Gasteiger partial charge on any atom is -0.465 e. The number of carboxylic acid groups (broad SMARTS) is 1. The zero-order chi connectivity index (χ0) is 8.01. The van der Waals surface area contributed by atoms with E-state index in [1.807, 2.05) is 0 Å². The Kier molecular flexibility index (Phi) is 1.32. The molecule has 0 spiro atoms. The second kappa shape index (κ2) is 2.11. The van der Waals surface area contributed by atoms with Crippen molar-refractivity contribution in [1.29, 1.82) is 0 Å². The summed E-state index contributed by atoms with van der Waals surface area (Å²) in [6.07, 6.45) is 0.977. The molecular weight excluding hydrogens is 146 g/mol. The highest BCUT2D eigenvalue weighted by Crippen LogP contribution is 2.47. The molecule has 3 atom stereocenters. The lowest BCUT2D eigenvalue weighted by Gasteiger charge is -2.22. The molecule has 1 heterocycles. The molecule has 11 heavy (non-hydrogen) atoms. The molecule has 2 aliphatic rings. The Morgan fingerprint density at radius 2 is 2.27 bits per heavy atom. The summed E-state index contributed by atoms with van der Waals surface area (Å²) >= 11 is 0. The van der Waals surface area contributed by atoms with Gasteiger partial charge in [0.15, 0.2) is 0 Å². The Labute approximate surface area is 64.4 Å². The Hall–Kier alpha value is -0.770. The molecule has 0 radical (unpaired) electrons. The van der Waals surface area contributed by atoms with Gasteiger partial charge in [0.25, 0.3) is 0 Å². The van der Waals surface area contributed by atoms with Crippen molar-refractivity contribution >= 4 is 6.09 Å². The number of likely N-dealkylation sites (tertiary alicyclic amines) is 1. The van der Waals surface area contributed by atoms with Crippen LogP contribution in [0.5, 0.6) is 0 Å². The van der Waals surface area contributed by atoms with Crippen LogP contribution in [-0.4, -0.2) is 39.9 Å². The number of amides is 1. The number of piperidine rings is 1. The Morgan fingerprint density at radius 1 is 1.55 bits per heavy atom. The van der Waals surface area contributed by atoms with Gasteiger partial charge in [-0.3, -0.25) is 4.90 Å². The minimum atomic E-state index is -0.881. The van der Waals surface area contributed by atoms with Crippen molar-refractivity contribution < 1.29 is 15.0 Å². The summed E-state index contributed by atoms with van der Waals surface area (Å²) in [7, 11) is 0. The number of aliphatic hydroxyl groups excluding tert-OH is 1. The molecule has 1 amide bonds. The third-order valence-corrected chi connectivity index (χ3v) is 2.64. The second-order valence-corrected chi connectivity index (χ2v) is 3.33. The number of hydrogen-bond donors (Lipinski definition) is 2. The highest BCUT2D eigenvalue weighted by atomic mass is 16.4. The van der Waals surface area contributed by atoms with Gasteiger partial charge in [-0.2, -0.15) is 0 Å². The number of nitrogens with zero attached hydrogens (tertiary/aromatic N) is 1. The van der Waals surface area contributed by atoms with Crippen LogP contribution in [0.25, 0.3) is 0 Å². The minimum absolute atomic E-state index is 0.0285. The summed E-state index contributed by atoms with van der Waals surface area (Å²) in [4.78, 5) is 12.0. The van der Waals surface area contributed by atoms with Gasteiger partial charge in [0, 0.05) is 6.04 Å². The lowest BCUT2D eigenvalue weighted by atomic mass is 10.2. The molecule has 62 valence electrons. The van der Waals surface area contributed by atoms with E-state index in [0.717, 1.165) is 12.8 Å². The van der Waals surface area contributed by atoms with E-state index in [1.165, 1.54) is 4.90 Å². The molecule has 0 aromatic heterocycles. The van der Waals surface area contributed by atoms with Gasteiger partial charge >= 0.3 is 6.09 Å². The van der Waals surface area contributed by atoms with Crippen molar-refractivity contribution in [3.63, 3.8) is 0 Å². The van der Waals surface area contributed by atoms with Gasteiger partial charge in [0.05, 0.1) is 12.6 Å². The molecule has 2 fully saturated rings. The lowest BCUT2D eigenvalue weighted by molar-refractivity contribution is 0.106. The fourth-order valence-electron chi connectivity index (χ4n) is 2.02. The van der Waals surface area contributed by atoms with E-state index in [1.54, 1.807) is 0 Å². The van der Waals surface area contributed by atoms with Crippen molar-refractivity contribution in [2.45, 2.75) is 24.9 Å². The van der Waals surface area contributed by atoms with Gasteiger partial charge in [-0.05, 0) is 18.8 Å². The number of carbonyl (C=O) groups is 1. The predicted molar refractivity (Wildman–Crippen MR) is 37.2 cm³/mol. The second-order valence-electron chi connectivity index (χ2n) is 3.33. The van der Waals surface area contributed by atoms with Gasteiger partial charge in [0.2, 0.25) is 0 Å². The summed E-state index contributed by atoms with van der Waals surface area (Å²) in [5.74, 6) is 0.545. The average molecular weight is 157 g/mol. The summed E-state index contributed by atoms with van der Waals surface area (Å²) < 4.78 is 0. The maximum atomic E-state index is 10.6. The Balaban J connectivity index is 2.08. The van der Waals surface area contributed by atoms with Gasteiger partial charge < -0.3 is 10.2 Å². The summed E-state index contributed by atoms with van der Waals surface area (Å²) in [6, 6.07) is 0.0981. The highest BCUT2D eigenvalue weighted by molar-refractivity contribution is 5.67. The van der Waals surface area contributed by atoms with Gasteiger partial charge in [-0.15, -0.1) is 0 Å². The summed E-state index contributed by atoms with van der Waals surface area (Å²) in [5, 5.41) is 17.5. The van der Waals surface area contributed by atoms with Gasteiger partial charge in [0.1, 0.15) is 0 Å². The van der Waals surface area contributed by atoms with E-state index in [9.17, 15) is 4.79 Å². The van der Waals surface area contributed by atoms with E-state index >= 15 is 0 Å². The molecule has 1 saturated carbocycles. The SMILES string of the molecule is O=C(O)N1[C@@H](CO)C[C@@H]2C[C@@H]21. The molecule has 1 saturated heterocycles. The highest BCUT2D eigenvalue weighted by Gasteiger charge is 2.53. The third kappa shape index (κ3) is 0.894. The monoisotopic (exact) mass is 157 g/mol. The molecule has 4 nitrogen and oxygen atoms in total. The number of hydrogen-bond acceptors (Lipinski definition) is 2. The first kappa shape index (κ1) is 6.91. The van der Waals surface area contributed by atoms with Crippen molar-refractivity contribution in [3.8, 4) is 0 Å². The molecule has 0 aromatic carbocycles. The topological polar surface area (TPSA) is 60.8 Å². The standard InChI is InChI=1S/C7H11NO3/c9-3-5-1-4-2-6(4)8(5)7(10)11/h4-6,9H,1-3H2,(H,10,11)/t4-,5-,6+/m1/s1. The largest absolute Gasteiger partial charge is 0.465 e. The van der Waals surface area contributed by atoms with Crippen molar-refractivity contribution in [2.75, 3.05) is 6.61 Å². The van der Waals surface area contributed by atoms with Gasteiger partial charge in [-0.25, -0.2) is 4.79 Å². The van der Waals surface area contributed by atoms with Crippen LogP contribution in [0.1, 0.15) is 12.8 Å². The van der Waals surface area contributed by atoms with Crippen LogP contribution in [0, 0.1) is 5.92 Å². The number of rotatable bonds is 1. The smallest absolute Gasteiger partial charge is 0.407 e. The zero-order valence-electron chi connectivity index (χ0n) is 6.10. The molecule has 0 bridgehead atoms. The predicted octanol–water partition coefficient (Wildman–Crippen LogP) is 0.119. The van der Waals surface area contributed by atoms with E-state index < -0.39 is 6.09 Å². The maximum Gasteiger partial charge on any atom is 0.407 e. The summed E-state index contributed by atoms with van der Waals surface area (Å²) in [6.45, 7) is -0.0285. The maximum absolute atomic E-state index is 10.6. The fourth-order valence-corrected chi connectivity index (χ4v) is 2.02. The van der Waals surface area contributed by atoms with Crippen LogP contribution in [0.3, 0.4) is 0 Å². The molecule has 1 aliphatic carbocycles. The van der Waals surface area contributed by atoms with Crippen molar-refractivity contribution in [1.82, 2.24) is 4.90 Å². The van der Waals surface area contributed by atoms with Crippen LogP contribution in [0.4, 0.5) is 4.79 Å².